The number of nitrogens with zero attached hydrogens (tertiary/aromatic N) is 2. The second-order valence-corrected chi connectivity index (χ2v) is 4.78. The molecule has 3 heteroatoms. The number of hydrogen-bond acceptors (Lipinski definition) is 2. The lowest BCUT2D eigenvalue weighted by atomic mass is 9.82. The second kappa shape index (κ2) is 4.43. The number of rotatable bonds is 2. The molecule has 0 N–H and O–H groups in total. The van der Waals surface area contributed by atoms with Crippen molar-refractivity contribution in [1.29, 1.82) is 5.26 Å². The molecule has 1 saturated heterocycles. The number of hydrogen-bond donors (Lipinski definition) is 0. The molecular formula is C9H15IN2. The summed E-state index contributed by atoms with van der Waals surface area (Å²) in [6, 6.07) is 2.41. The van der Waals surface area contributed by atoms with Gasteiger partial charge in [-0.15, -0.1) is 0 Å². The van der Waals surface area contributed by atoms with Gasteiger partial charge in [-0.2, -0.15) is 5.26 Å². The van der Waals surface area contributed by atoms with E-state index in [4.69, 9.17) is 5.26 Å². The van der Waals surface area contributed by atoms with Gasteiger partial charge < -0.3 is 4.90 Å². The molecule has 0 amide bonds. The molecule has 1 rings (SSSR count). The predicted molar refractivity (Wildman–Crippen MR) is 58.3 cm³/mol. The van der Waals surface area contributed by atoms with Crippen molar-refractivity contribution in [3.8, 4) is 6.07 Å². The van der Waals surface area contributed by atoms with Crippen molar-refractivity contribution in [3.05, 3.63) is 0 Å². The number of likely N-dealkylation sites (tertiary alicyclic amines) is 1. The minimum atomic E-state index is -0.0399. The zero-order valence-corrected chi connectivity index (χ0v) is 9.67. The maximum atomic E-state index is 8.90. The maximum Gasteiger partial charge on any atom is 0.0687 e. The molecule has 0 unspecified atom stereocenters. The van der Waals surface area contributed by atoms with Crippen LogP contribution in [0.3, 0.4) is 0 Å². The number of piperidine rings is 1. The Labute approximate surface area is 88.1 Å². The first kappa shape index (κ1) is 10.3. The molecule has 0 aromatic rings. The summed E-state index contributed by atoms with van der Waals surface area (Å²) in [6.45, 7) is 5.47. The fourth-order valence-electron chi connectivity index (χ4n) is 1.50. The predicted octanol–water partition coefficient (Wildman–Crippen LogP) is 2.05. The van der Waals surface area contributed by atoms with Crippen LogP contribution in [0.1, 0.15) is 19.8 Å². The fraction of sp³-hybridized carbons (Fsp3) is 0.889. The molecule has 0 radical (unpaired) electrons. The van der Waals surface area contributed by atoms with E-state index in [0.717, 1.165) is 25.9 Å². The van der Waals surface area contributed by atoms with Gasteiger partial charge in [-0.25, -0.2) is 0 Å². The molecule has 1 fully saturated rings. The van der Waals surface area contributed by atoms with Crippen LogP contribution >= 0.6 is 22.6 Å². The summed E-state index contributed by atoms with van der Waals surface area (Å²) in [7, 11) is 0. The Morgan fingerprint density at radius 3 is 2.50 bits per heavy atom. The van der Waals surface area contributed by atoms with E-state index in [2.05, 4.69) is 40.5 Å². The molecule has 1 heterocycles. The van der Waals surface area contributed by atoms with Gasteiger partial charge in [0.25, 0.3) is 0 Å². The molecule has 0 atom stereocenters. The molecular weight excluding hydrogens is 263 g/mol. The molecule has 0 spiro atoms. The van der Waals surface area contributed by atoms with Crippen molar-refractivity contribution in [2.75, 3.05) is 24.1 Å². The van der Waals surface area contributed by atoms with Crippen molar-refractivity contribution in [2.45, 2.75) is 19.8 Å². The Hall–Kier alpha value is 0.180. The Morgan fingerprint density at radius 2 is 2.08 bits per heavy atom. The summed E-state index contributed by atoms with van der Waals surface area (Å²) in [5, 5.41) is 8.90. The summed E-state index contributed by atoms with van der Waals surface area (Å²) in [5.41, 5.74) is -0.0399. The lowest BCUT2D eigenvalue weighted by Gasteiger charge is -2.34. The SMILES string of the molecule is CC1(C#N)CCN(CCI)CC1. The lowest BCUT2D eigenvalue weighted by Crippen LogP contribution is -2.38. The zero-order valence-electron chi connectivity index (χ0n) is 7.52. The largest absolute Gasteiger partial charge is 0.302 e. The maximum absolute atomic E-state index is 8.90. The third kappa shape index (κ3) is 2.60. The first-order valence-electron chi connectivity index (χ1n) is 4.40. The van der Waals surface area contributed by atoms with E-state index in [9.17, 15) is 0 Å². The van der Waals surface area contributed by atoms with E-state index in [0.29, 0.717) is 0 Å². The number of alkyl halides is 1. The molecule has 0 aliphatic carbocycles. The van der Waals surface area contributed by atoms with Crippen LogP contribution in [-0.2, 0) is 0 Å². The van der Waals surface area contributed by atoms with Gasteiger partial charge in [0.2, 0.25) is 0 Å². The van der Waals surface area contributed by atoms with Gasteiger partial charge in [-0.3, -0.25) is 0 Å². The van der Waals surface area contributed by atoms with E-state index >= 15 is 0 Å². The van der Waals surface area contributed by atoms with Crippen molar-refractivity contribution < 1.29 is 0 Å². The molecule has 0 aromatic heterocycles. The van der Waals surface area contributed by atoms with Gasteiger partial charge in [0.05, 0.1) is 11.5 Å². The lowest BCUT2D eigenvalue weighted by molar-refractivity contribution is 0.165. The molecule has 12 heavy (non-hydrogen) atoms. The van der Waals surface area contributed by atoms with Crippen molar-refractivity contribution in [2.24, 2.45) is 5.41 Å². The normalized spacial score (nSPS) is 23.4. The summed E-state index contributed by atoms with van der Waals surface area (Å²) < 4.78 is 1.20. The Morgan fingerprint density at radius 1 is 1.50 bits per heavy atom. The van der Waals surface area contributed by atoms with E-state index < -0.39 is 0 Å². The smallest absolute Gasteiger partial charge is 0.0687 e. The highest BCUT2D eigenvalue weighted by atomic mass is 127. The molecule has 1 aliphatic heterocycles. The third-order valence-electron chi connectivity index (χ3n) is 2.63. The first-order valence-corrected chi connectivity index (χ1v) is 5.92. The van der Waals surface area contributed by atoms with Gasteiger partial charge in [0, 0.05) is 11.0 Å². The molecule has 0 bridgehead atoms. The highest BCUT2D eigenvalue weighted by molar-refractivity contribution is 14.1. The van der Waals surface area contributed by atoms with Crippen molar-refractivity contribution in [3.63, 3.8) is 0 Å². The number of nitriles is 1. The quantitative estimate of drug-likeness (QED) is 0.571. The number of halogens is 1. The van der Waals surface area contributed by atoms with E-state index in [1.165, 1.54) is 11.0 Å². The minimum absolute atomic E-state index is 0.0399. The van der Waals surface area contributed by atoms with Crippen LogP contribution in [-0.4, -0.2) is 29.0 Å². The molecule has 0 aromatic carbocycles. The Balaban J connectivity index is 2.35. The van der Waals surface area contributed by atoms with Crippen molar-refractivity contribution in [1.82, 2.24) is 4.90 Å². The monoisotopic (exact) mass is 278 g/mol. The van der Waals surface area contributed by atoms with Gasteiger partial charge in [-0.1, -0.05) is 22.6 Å². The topological polar surface area (TPSA) is 27.0 Å². The van der Waals surface area contributed by atoms with Crippen LogP contribution < -0.4 is 0 Å². The highest BCUT2D eigenvalue weighted by Gasteiger charge is 2.29. The average molecular weight is 278 g/mol. The molecule has 0 saturated carbocycles. The first-order chi connectivity index (χ1) is 5.70. The minimum Gasteiger partial charge on any atom is -0.302 e. The van der Waals surface area contributed by atoms with Gasteiger partial charge in [0.1, 0.15) is 0 Å². The summed E-state index contributed by atoms with van der Waals surface area (Å²) >= 11 is 2.40. The van der Waals surface area contributed by atoms with Gasteiger partial charge in [-0.05, 0) is 32.9 Å². The molecule has 2 nitrogen and oxygen atoms in total. The van der Waals surface area contributed by atoms with E-state index in [-0.39, 0.29) is 5.41 Å². The summed E-state index contributed by atoms with van der Waals surface area (Å²) in [5.74, 6) is 0. The van der Waals surface area contributed by atoms with Crippen LogP contribution in [0.25, 0.3) is 0 Å². The third-order valence-corrected chi connectivity index (χ3v) is 3.11. The van der Waals surface area contributed by atoms with Crippen molar-refractivity contribution >= 4 is 22.6 Å². The van der Waals surface area contributed by atoms with E-state index in [1.54, 1.807) is 0 Å². The zero-order chi connectivity index (χ0) is 9.03. The fourth-order valence-corrected chi connectivity index (χ4v) is 2.18. The van der Waals surface area contributed by atoms with Gasteiger partial charge >= 0.3 is 0 Å². The van der Waals surface area contributed by atoms with Crippen LogP contribution in [0, 0.1) is 16.7 Å². The molecule has 1 aliphatic rings. The van der Waals surface area contributed by atoms with Crippen LogP contribution in [0.4, 0.5) is 0 Å². The second-order valence-electron chi connectivity index (χ2n) is 3.70. The van der Waals surface area contributed by atoms with Crippen LogP contribution in [0.15, 0.2) is 0 Å². The van der Waals surface area contributed by atoms with Crippen LogP contribution in [0.5, 0.6) is 0 Å². The summed E-state index contributed by atoms with van der Waals surface area (Å²) in [6.07, 6.45) is 2.08. The average Bonchev–Trinajstić information content (AvgIpc) is 2.10. The highest BCUT2D eigenvalue weighted by Crippen LogP contribution is 2.29. The Bertz CT molecular complexity index is 177. The van der Waals surface area contributed by atoms with E-state index in [1.807, 2.05) is 0 Å². The van der Waals surface area contributed by atoms with Gasteiger partial charge in [0.15, 0.2) is 0 Å². The standard InChI is InChI=1S/C9H15IN2/c1-9(8-11)2-5-12(6-3-9)7-4-10/h2-7H2,1H3. The Kier molecular flexibility index (Phi) is 3.78. The van der Waals surface area contributed by atoms with Crippen LogP contribution in [0.2, 0.25) is 0 Å². The molecule has 68 valence electrons. The summed E-state index contributed by atoms with van der Waals surface area (Å²) in [4.78, 5) is 2.45.